The van der Waals surface area contributed by atoms with E-state index in [0.717, 1.165) is 12.8 Å². The van der Waals surface area contributed by atoms with E-state index in [-0.39, 0.29) is 0 Å². The summed E-state index contributed by atoms with van der Waals surface area (Å²) in [6, 6.07) is 0. The van der Waals surface area contributed by atoms with Gasteiger partial charge in [-0.3, -0.25) is 0 Å². The van der Waals surface area contributed by atoms with Gasteiger partial charge in [-0.05, 0) is 25.2 Å². The lowest BCUT2D eigenvalue weighted by Gasteiger charge is -2.12. The minimum absolute atomic E-state index is 0.369. The molecule has 0 aromatic carbocycles. The molecule has 0 radical (unpaired) electrons. The van der Waals surface area contributed by atoms with Crippen molar-refractivity contribution in [3.8, 4) is 0 Å². The minimum atomic E-state index is 0.369. The predicted molar refractivity (Wildman–Crippen MR) is 57.8 cm³/mol. The lowest BCUT2D eigenvalue weighted by molar-refractivity contribution is 0.529. The van der Waals surface area contributed by atoms with Crippen molar-refractivity contribution in [2.24, 2.45) is 5.92 Å². The lowest BCUT2D eigenvalue weighted by atomic mass is 10.0. The van der Waals surface area contributed by atoms with E-state index < -0.39 is 0 Å². The van der Waals surface area contributed by atoms with Gasteiger partial charge in [0.1, 0.15) is 0 Å². The van der Waals surface area contributed by atoms with Crippen LogP contribution >= 0.6 is 11.6 Å². The van der Waals surface area contributed by atoms with Crippen LogP contribution in [0.1, 0.15) is 46.0 Å². The number of halogens is 1. The molecule has 0 aliphatic carbocycles. The second-order valence-electron chi connectivity index (χ2n) is 3.69. The summed E-state index contributed by atoms with van der Waals surface area (Å²) in [4.78, 5) is 0. The Labute approximate surface area is 82.0 Å². The second kappa shape index (κ2) is 7.67. The fourth-order valence-corrected chi connectivity index (χ4v) is 1.29. The smallest absolute Gasteiger partial charge is 0.0359 e. The van der Waals surface area contributed by atoms with Gasteiger partial charge in [-0.15, -0.1) is 18.2 Å². The van der Waals surface area contributed by atoms with E-state index in [2.05, 4.69) is 20.4 Å². The Kier molecular flexibility index (Phi) is 7.69. The highest BCUT2D eigenvalue weighted by Gasteiger charge is 2.07. The third-order valence-corrected chi connectivity index (χ3v) is 2.83. The largest absolute Gasteiger partial charge is 0.123 e. The molecule has 1 heteroatoms. The van der Waals surface area contributed by atoms with Crippen LogP contribution in [-0.4, -0.2) is 5.38 Å². The van der Waals surface area contributed by atoms with Crippen LogP contribution in [0.3, 0.4) is 0 Å². The maximum Gasteiger partial charge on any atom is 0.0359 e. The summed E-state index contributed by atoms with van der Waals surface area (Å²) in [5.74, 6) is 0.617. The van der Waals surface area contributed by atoms with Crippen LogP contribution in [0, 0.1) is 5.92 Å². The average Bonchev–Trinajstić information content (AvgIpc) is 2.03. The van der Waals surface area contributed by atoms with E-state index in [1.807, 2.05) is 6.08 Å². The molecule has 0 amide bonds. The summed E-state index contributed by atoms with van der Waals surface area (Å²) >= 11 is 6.11. The van der Waals surface area contributed by atoms with Gasteiger partial charge in [0.15, 0.2) is 0 Å². The molecule has 0 aliphatic heterocycles. The molecule has 1 unspecified atom stereocenters. The molecule has 0 N–H and O–H groups in total. The molecule has 0 saturated heterocycles. The Morgan fingerprint density at radius 2 is 1.92 bits per heavy atom. The quantitative estimate of drug-likeness (QED) is 0.316. The van der Waals surface area contributed by atoms with Crippen LogP contribution in [0.5, 0.6) is 0 Å². The highest BCUT2D eigenvalue weighted by Crippen LogP contribution is 2.17. The van der Waals surface area contributed by atoms with Gasteiger partial charge >= 0.3 is 0 Å². The van der Waals surface area contributed by atoms with E-state index in [4.69, 9.17) is 11.6 Å². The van der Waals surface area contributed by atoms with Gasteiger partial charge < -0.3 is 0 Å². The Morgan fingerprint density at radius 1 is 1.25 bits per heavy atom. The van der Waals surface area contributed by atoms with Gasteiger partial charge in [-0.1, -0.05) is 32.8 Å². The van der Waals surface area contributed by atoms with E-state index in [1.54, 1.807) is 0 Å². The first kappa shape index (κ1) is 12.0. The first-order chi connectivity index (χ1) is 5.68. The van der Waals surface area contributed by atoms with Crippen LogP contribution in [0.25, 0.3) is 0 Å². The van der Waals surface area contributed by atoms with Crippen LogP contribution in [0.4, 0.5) is 0 Å². The van der Waals surface area contributed by atoms with Gasteiger partial charge in [0.25, 0.3) is 0 Å². The Morgan fingerprint density at radius 3 is 2.42 bits per heavy atom. The van der Waals surface area contributed by atoms with Crippen molar-refractivity contribution in [3.05, 3.63) is 12.7 Å². The first-order valence-corrected chi connectivity index (χ1v) is 5.37. The van der Waals surface area contributed by atoms with Crippen molar-refractivity contribution in [2.75, 3.05) is 0 Å². The number of allylic oxidation sites excluding steroid dienone is 1. The third-order valence-electron chi connectivity index (χ3n) is 2.11. The average molecular weight is 189 g/mol. The molecule has 12 heavy (non-hydrogen) atoms. The molecule has 0 aromatic rings. The van der Waals surface area contributed by atoms with Gasteiger partial charge in [0, 0.05) is 5.38 Å². The lowest BCUT2D eigenvalue weighted by Crippen LogP contribution is -2.06. The summed E-state index contributed by atoms with van der Waals surface area (Å²) < 4.78 is 0. The molecule has 1 atom stereocenters. The highest BCUT2D eigenvalue weighted by molar-refractivity contribution is 6.20. The summed E-state index contributed by atoms with van der Waals surface area (Å²) in [5, 5.41) is 0.369. The van der Waals surface area contributed by atoms with E-state index in [1.165, 1.54) is 19.3 Å². The maximum absolute atomic E-state index is 6.11. The predicted octanol–water partition coefficient (Wildman–Crippen LogP) is 4.39. The number of alkyl halides is 1. The number of rotatable bonds is 7. The Hall–Kier alpha value is 0.0300. The van der Waals surface area contributed by atoms with Crippen molar-refractivity contribution < 1.29 is 0 Å². The highest BCUT2D eigenvalue weighted by atomic mass is 35.5. The van der Waals surface area contributed by atoms with Crippen LogP contribution in [0.2, 0.25) is 0 Å². The molecule has 0 spiro atoms. The zero-order valence-corrected chi connectivity index (χ0v) is 9.11. The number of unbranched alkanes of at least 4 members (excludes halogenated alkanes) is 3. The van der Waals surface area contributed by atoms with Crippen LogP contribution in [-0.2, 0) is 0 Å². The third kappa shape index (κ3) is 6.72. The normalized spacial score (nSPS) is 13.3. The molecule has 0 aromatic heterocycles. The SMILES string of the molecule is C=CCCCCCC(Cl)C(C)C. The van der Waals surface area contributed by atoms with E-state index >= 15 is 0 Å². The topological polar surface area (TPSA) is 0 Å². The van der Waals surface area contributed by atoms with Crippen LogP contribution in [0.15, 0.2) is 12.7 Å². The molecule has 72 valence electrons. The van der Waals surface area contributed by atoms with Crippen molar-refractivity contribution in [3.63, 3.8) is 0 Å². The monoisotopic (exact) mass is 188 g/mol. The molecule has 0 bridgehead atoms. The van der Waals surface area contributed by atoms with Crippen molar-refractivity contribution in [1.29, 1.82) is 0 Å². The fraction of sp³-hybridized carbons (Fsp3) is 0.818. The molecular formula is C11H21Cl. The summed E-state index contributed by atoms with van der Waals surface area (Å²) in [7, 11) is 0. The standard InChI is InChI=1S/C11H21Cl/c1-4-5-6-7-8-9-11(12)10(2)3/h4,10-11H,1,5-9H2,2-3H3. The minimum Gasteiger partial charge on any atom is -0.123 e. The molecule has 0 heterocycles. The summed E-state index contributed by atoms with van der Waals surface area (Å²) in [6.45, 7) is 8.06. The summed E-state index contributed by atoms with van der Waals surface area (Å²) in [6.07, 6.45) is 8.12. The molecular weight excluding hydrogens is 168 g/mol. The molecule has 0 nitrogen and oxygen atoms in total. The van der Waals surface area contributed by atoms with Gasteiger partial charge in [0.05, 0.1) is 0 Å². The van der Waals surface area contributed by atoms with Crippen molar-refractivity contribution >= 4 is 11.6 Å². The van der Waals surface area contributed by atoms with Gasteiger partial charge in [-0.25, -0.2) is 0 Å². The van der Waals surface area contributed by atoms with Crippen LogP contribution < -0.4 is 0 Å². The first-order valence-electron chi connectivity index (χ1n) is 4.93. The number of hydrogen-bond acceptors (Lipinski definition) is 0. The summed E-state index contributed by atoms with van der Waals surface area (Å²) in [5.41, 5.74) is 0. The maximum atomic E-state index is 6.11. The van der Waals surface area contributed by atoms with E-state index in [0.29, 0.717) is 11.3 Å². The van der Waals surface area contributed by atoms with Crippen molar-refractivity contribution in [2.45, 2.75) is 51.3 Å². The second-order valence-corrected chi connectivity index (χ2v) is 4.25. The van der Waals surface area contributed by atoms with Gasteiger partial charge in [-0.2, -0.15) is 0 Å². The molecule has 0 aliphatic rings. The Balaban J connectivity index is 3.13. The zero-order valence-electron chi connectivity index (χ0n) is 8.35. The zero-order chi connectivity index (χ0) is 9.40. The molecule has 0 rings (SSSR count). The fourth-order valence-electron chi connectivity index (χ4n) is 1.14. The molecule has 0 fully saturated rings. The van der Waals surface area contributed by atoms with E-state index in [9.17, 15) is 0 Å². The van der Waals surface area contributed by atoms with Crippen molar-refractivity contribution in [1.82, 2.24) is 0 Å². The Bertz CT molecular complexity index is 108. The van der Waals surface area contributed by atoms with Gasteiger partial charge in [0.2, 0.25) is 0 Å². The molecule has 0 saturated carbocycles. The number of hydrogen-bond donors (Lipinski definition) is 0.